The number of para-hydroxylation sites is 2. The van der Waals surface area contributed by atoms with Gasteiger partial charge >= 0.3 is 0 Å². The van der Waals surface area contributed by atoms with Crippen LogP contribution >= 0.6 is 0 Å². The fourth-order valence-electron chi connectivity index (χ4n) is 6.45. The summed E-state index contributed by atoms with van der Waals surface area (Å²) >= 11 is 0. The van der Waals surface area contributed by atoms with Crippen LogP contribution in [0.4, 0.5) is 0 Å². The molecule has 0 bridgehead atoms. The summed E-state index contributed by atoms with van der Waals surface area (Å²) < 4.78 is 37.3. The normalized spacial score (nSPS) is 12.4. The minimum absolute atomic E-state index is 0.0661. The molecule has 0 aliphatic heterocycles. The fourth-order valence-corrected chi connectivity index (χ4v) is 6.45. The van der Waals surface area contributed by atoms with Crippen LogP contribution in [-0.4, -0.2) is 19.5 Å². The van der Waals surface area contributed by atoms with E-state index in [0.717, 1.165) is 55.5 Å². The Kier molecular flexibility index (Phi) is 6.09. The Bertz CT molecular complexity index is 2750. The number of nitrogens with zero attached hydrogens (tertiary/aromatic N) is 4. The lowest BCUT2D eigenvalue weighted by molar-refractivity contribution is 1.07. The zero-order valence-corrected chi connectivity index (χ0v) is 26.3. The number of hydrogen-bond donors (Lipinski definition) is 0. The van der Waals surface area contributed by atoms with Crippen LogP contribution in [0.1, 0.15) is 5.48 Å². The maximum Gasteiger partial charge on any atom is 0.164 e. The smallest absolute Gasteiger partial charge is 0.164 e. The van der Waals surface area contributed by atoms with Gasteiger partial charge < -0.3 is 4.57 Å². The van der Waals surface area contributed by atoms with Crippen molar-refractivity contribution in [3.05, 3.63) is 182 Å². The molecule has 0 radical (unpaired) electrons. The first kappa shape index (κ1) is 24.5. The van der Waals surface area contributed by atoms with Gasteiger partial charge in [0.2, 0.25) is 0 Å². The Morgan fingerprint density at radius 2 is 0.918 bits per heavy atom. The first-order chi connectivity index (χ1) is 26.0. The summed E-state index contributed by atoms with van der Waals surface area (Å²) in [6, 6.07) is 51.3. The van der Waals surface area contributed by atoms with Gasteiger partial charge in [-0.25, -0.2) is 15.0 Å². The maximum atomic E-state index is 9.12. The second-order valence-corrected chi connectivity index (χ2v) is 11.8. The van der Waals surface area contributed by atoms with Crippen LogP contribution in [0.25, 0.3) is 83.9 Å². The van der Waals surface area contributed by atoms with Gasteiger partial charge in [-0.15, -0.1) is 0 Å². The zero-order valence-electron chi connectivity index (χ0n) is 30.3. The number of hydrogen-bond acceptors (Lipinski definition) is 3. The average molecular weight is 631 g/mol. The summed E-state index contributed by atoms with van der Waals surface area (Å²) in [7, 11) is 0. The van der Waals surface area contributed by atoms with Gasteiger partial charge in [0.05, 0.1) is 16.5 Å². The van der Waals surface area contributed by atoms with Gasteiger partial charge in [-0.2, -0.15) is 0 Å². The molecule has 7 aromatic carbocycles. The molecule has 0 spiro atoms. The van der Waals surface area contributed by atoms with Crippen molar-refractivity contribution in [2.75, 3.05) is 0 Å². The van der Waals surface area contributed by atoms with E-state index in [9.17, 15) is 0 Å². The van der Waals surface area contributed by atoms with E-state index in [1.807, 2.05) is 132 Å². The van der Waals surface area contributed by atoms with E-state index < -0.39 is 0 Å². The molecule has 0 N–H and O–H groups in total. The molecule has 2 heterocycles. The molecule has 0 saturated heterocycles. The fraction of sp³-hybridized carbons (Fsp3) is 0. The highest BCUT2D eigenvalue weighted by Gasteiger charge is 2.18. The molecule has 4 heteroatoms. The molecule has 0 atom stereocenters. The highest BCUT2D eigenvalue weighted by atomic mass is 15.0. The molecule has 9 aromatic rings. The van der Waals surface area contributed by atoms with Gasteiger partial charge in [-0.3, -0.25) is 0 Å². The molecular weight excluding hydrogens is 597 g/mol. The van der Waals surface area contributed by atoms with Crippen LogP contribution in [0.2, 0.25) is 0 Å². The summed E-state index contributed by atoms with van der Waals surface area (Å²) in [4.78, 5) is 14.6. The monoisotopic (exact) mass is 630 g/mol. The molecular formula is C45H30N4. The summed E-state index contributed by atoms with van der Waals surface area (Å²) in [6.45, 7) is 0. The van der Waals surface area contributed by atoms with Crippen LogP contribution < -0.4 is 0 Å². The largest absolute Gasteiger partial charge is 0.309 e. The Balaban J connectivity index is 1.26. The minimum Gasteiger partial charge on any atom is -0.309 e. The maximum absolute atomic E-state index is 9.12. The minimum atomic E-state index is -0.275. The second-order valence-electron chi connectivity index (χ2n) is 11.8. The first-order valence-corrected chi connectivity index (χ1v) is 16.1. The molecule has 9 rings (SSSR count). The van der Waals surface area contributed by atoms with Gasteiger partial charge in [-0.1, -0.05) is 146 Å². The number of rotatable bonds is 6. The summed E-state index contributed by atoms with van der Waals surface area (Å²) in [6.07, 6.45) is 0. The lowest BCUT2D eigenvalue weighted by atomic mass is 9.97. The predicted octanol–water partition coefficient (Wildman–Crippen LogP) is 11.3. The van der Waals surface area contributed by atoms with E-state index in [-0.39, 0.29) is 24.2 Å². The predicted molar refractivity (Wildman–Crippen MR) is 201 cm³/mol. The molecule has 0 aliphatic carbocycles. The van der Waals surface area contributed by atoms with Crippen molar-refractivity contribution in [3.63, 3.8) is 0 Å². The van der Waals surface area contributed by atoms with E-state index in [1.54, 1.807) is 0 Å². The third-order valence-corrected chi connectivity index (χ3v) is 8.78. The quantitative estimate of drug-likeness (QED) is 0.184. The van der Waals surface area contributed by atoms with E-state index in [1.165, 1.54) is 0 Å². The van der Waals surface area contributed by atoms with Crippen molar-refractivity contribution >= 4 is 21.8 Å². The molecule has 2 aromatic heterocycles. The van der Waals surface area contributed by atoms with Crippen LogP contribution in [0.5, 0.6) is 0 Å². The summed E-state index contributed by atoms with van der Waals surface area (Å²) in [5, 5.41) is 1.23. The standard InChI is InChI=1S/C45H30N4/c1-4-14-31(15-5-1)35-20-12-21-36(30-35)38-23-13-24-40-39-22-10-11-25-41(39)49(42(38)40)37-28-26-34(27-29-37)45-47-43(32-16-6-2-7-17-32)46-44(48-45)33-18-8-3-9-19-33/h1-30H/i10D,11D,22D,25D. The molecule has 0 fully saturated rings. The van der Waals surface area contributed by atoms with Gasteiger partial charge in [0.15, 0.2) is 17.5 Å². The SMILES string of the molecule is [2H]c1c([2H])c([2H])c2c(c1[2H])c1cccc(-c3cccc(-c4ccccc4)c3)c1n2-c1ccc(-c2nc(-c3ccccc3)nc(-c3ccccc3)n2)cc1. The van der Waals surface area contributed by atoms with Crippen LogP contribution in [0.3, 0.4) is 0 Å². The van der Waals surface area contributed by atoms with Crippen molar-refractivity contribution in [2.24, 2.45) is 0 Å². The molecule has 0 unspecified atom stereocenters. The Hall–Kier alpha value is -6.65. The van der Waals surface area contributed by atoms with Gasteiger partial charge in [0, 0.05) is 38.7 Å². The highest BCUT2D eigenvalue weighted by Crippen LogP contribution is 2.39. The van der Waals surface area contributed by atoms with Crippen LogP contribution in [-0.2, 0) is 0 Å². The van der Waals surface area contributed by atoms with Gasteiger partial charge in [-0.05, 0) is 53.1 Å². The van der Waals surface area contributed by atoms with E-state index in [0.29, 0.717) is 28.4 Å². The lowest BCUT2D eigenvalue weighted by Crippen LogP contribution is -2.00. The van der Waals surface area contributed by atoms with Crippen molar-refractivity contribution in [1.29, 1.82) is 0 Å². The third kappa shape index (κ3) is 5.26. The average Bonchev–Trinajstić information content (AvgIpc) is 3.59. The molecule has 0 amide bonds. The van der Waals surface area contributed by atoms with Gasteiger partial charge in [0.25, 0.3) is 0 Å². The van der Waals surface area contributed by atoms with Crippen molar-refractivity contribution in [1.82, 2.24) is 19.5 Å². The van der Waals surface area contributed by atoms with Gasteiger partial charge in [0.1, 0.15) is 0 Å². The van der Waals surface area contributed by atoms with Crippen LogP contribution in [0, 0.1) is 0 Å². The number of benzene rings is 7. The first-order valence-electron chi connectivity index (χ1n) is 18.1. The number of fused-ring (bicyclic) bond motifs is 3. The molecule has 0 saturated carbocycles. The topological polar surface area (TPSA) is 43.6 Å². The Morgan fingerprint density at radius 1 is 0.408 bits per heavy atom. The molecule has 0 aliphatic rings. The van der Waals surface area contributed by atoms with E-state index in [4.69, 9.17) is 20.4 Å². The number of aromatic nitrogens is 4. The second kappa shape index (κ2) is 12.2. The summed E-state index contributed by atoms with van der Waals surface area (Å²) in [5.41, 5.74) is 8.56. The van der Waals surface area contributed by atoms with Crippen molar-refractivity contribution in [2.45, 2.75) is 0 Å². The molecule has 49 heavy (non-hydrogen) atoms. The Morgan fingerprint density at radius 3 is 1.55 bits per heavy atom. The third-order valence-electron chi connectivity index (χ3n) is 8.78. The van der Waals surface area contributed by atoms with E-state index in [2.05, 4.69) is 30.3 Å². The lowest BCUT2D eigenvalue weighted by Gasteiger charge is -2.13. The molecule has 230 valence electrons. The summed E-state index contributed by atoms with van der Waals surface area (Å²) in [5.74, 6) is 1.66. The highest BCUT2D eigenvalue weighted by molar-refractivity contribution is 6.13. The van der Waals surface area contributed by atoms with E-state index >= 15 is 0 Å². The Labute approximate surface area is 290 Å². The van der Waals surface area contributed by atoms with Crippen molar-refractivity contribution in [3.8, 4) is 62.1 Å². The van der Waals surface area contributed by atoms with Crippen molar-refractivity contribution < 1.29 is 5.48 Å². The molecule has 4 nitrogen and oxygen atoms in total. The zero-order chi connectivity index (χ0) is 36.1. The van der Waals surface area contributed by atoms with Crippen LogP contribution in [0.15, 0.2) is 182 Å².